The molecule has 0 aliphatic rings. The summed E-state index contributed by atoms with van der Waals surface area (Å²) in [4.78, 5) is 16.6. The molecule has 5 heteroatoms. The van der Waals surface area contributed by atoms with Gasteiger partial charge in [-0.3, -0.25) is 4.98 Å². The van der Waals surface area contributed by atoms with Crippen LogP contribution >= 0.6 is 0 Å². The Balaban J connectivity index is 2.20. The summed E-state index contributed by atoms with van der Waals surface area (Å²) in [6, 6.07) is 9.29. The molecule has 1 aromatic heterocycles. The Hall–Kier alpha value is -2.14. The minimum Gasteiger partial charge on any atom is -0.396 e. The van der Waals surface area contributed by atoms with Crippen molar-refractivity contribution in [1.82, 2.24) is 10.3 Å². The van der Waals surface area contributed by atoms with Crippen molar-refractivity contribution in [3.05, 3.63) is 36.0 Å². The van der Waals surface area contributed by atoms with Crippen molar-refractivity contribution < 1.29 is 9.90 Å². The average Bonchev–Trinajstić information content (AvgIpc) is 2.38. The third kappa shape index (κ3) is 3.92. The number of urea groups is 1. The summed E-state index contributed by atoms with van der Waals surface area (Å²) >= 11 is 0. The molecule has 0 radical (unpaired) electrons. The van der Waals surface area contributed by atoms with E-state index in [0.29, 0.717) is 12.1 Å². The first-order valence-electron chi connectivity index (χ1n) is 6.98. The minimum atomic E-state index is -0.466. The number of aromatic nitrogens is 1. The first-order chi connectivity index (χ1) is 9.91. The SMILES string of the molecule is Cc1ccc2cccc(NC(=O)NC(C)(C)CCO)c2n1. The van der Waals surface area contributed by atoms with Gasteiger partial charge in [-0.2, -0.15) is 0 Å². The number of pyridine rings is 1. The lowest BCUT2D eigenvalue weighted by Gasteiger charge is -2.25. The molecule has 0 saturated carbocycles. The maximum atomic E-state index is 12.1. The zero-order valence-electron chi connectivity index (χ0n) is 12.6. The number of aliphatic hydroxyl groups is 1. The summed E-state index contributed by atoms with van der Waals surface area (Å²) in [5, 5.41) is 15.7. The van der Waals surface area contributed by atoms with E-state index < -0.39 is 5.54 Å². The molecule has 0 spiro atoms. The molecule has 0 bridgehead atoms. The summed E-state index contributed by atoms with van der Waals surface area (Å²) < 4.78 is 0. The molecule has 1 heterocycles. The summed E-state index contributed by atoms with van der Waals surface area (Å²) in [7, 11) is 0. The van der Waals surface area contributed by atoms with E-state index in [1.165, 1.54) is 0 Å². The van der Waals surface area contributed by atoms with Crippen molar-refractivity contribution in [2.75, 3.05) is 11.9 Å². The molecule has 0 unspecified atom stereocenters. The second-order valence-corrected chi connectivity index (χ2v) is 5.77. The topological polar surface area (TPSA) is 74.2 Å². The van der Waals surface area contributed by atoms with E-state index in [9.17, 15) is 4.79 Å². The second kappa shape index (κ2) is 6.10. The van der Waals surface area contributed by atoms with Crippen LogP contribution in [0, 0.1) is 6.92 Å². The molecule has 0 fully saturated rings. The number of para-hydroxylation sites is 1. The fourth-order valence-corrected chi connectivity index (χ4v) is 2.15. The highest BCUT2D eigenvalue weighted by Crippen LogP contribution is 2.21. The quantitative estimate of drug-likeness (QED) is 0.809. The van der Waals surface area contributed by atoms with E-state index in [4.69, 9.17) is 5.11 Å². The first kappa shape index (κ1) is 15.3. The summed E-state index contributed by atoms with van der Waals surface area (Å²) in [6.45, 7) is 5.69. The number of nitrogens with one attached hydrogen (secondary N) is 2. The molecule has 112 valence electrons. The van der Waals surface area contributed by atoms with Crippen molar-refractivity contribution in [3.63, 3.8) is 0 Å². The highest BCUT2D eigenvalue weighted by molar-refractivity contribution is 5.99. The number of hydrogen-bond acceptors (Lipinski definition) is 3. The van der Waals surface area contributed by atoms with Crippen LogP contribution in [0.3, 0.4) is 0 Å². The van der Waals surface area contributed by atoms with Gasteiger partial charge in [0.2, 0.25) is 0 Å². The van der Waals surface area contributed by atoms with Gasteiger partial charge in [-0.15, -0.1) is 0 Å². The Morgan fingerprint density at radius 1 is 1.29 bits per heavy atom. The molecule has 0 saturated heterocycles. The van der Waals surface area contributed by atoms with Crippen LogP contribution in [-0.2, 0) is 0 Å². The molecular formula is C16H21N3O2. The lowest BCUT2D eigenvalue weighted by molar-refractivity contribution is 0.218. The van der Waals surface area contributed by atoms with E-state index in [2.05, 4.69) is 15.6 Å². The predicted octanol–water partition coefficient (Wildman–Crippen LogP) is 2.83. The molecule has 21 heavy (non-hydrogen) atoms. The van der Waals surface area contributed by atoms with E-state index >= 15 is 0 Å². The Morgan fingerprint density at radius 3 is 2.76 bits per heavy atom. The van der Waals surface area contributed by atoms with Gasteiger partial charge in [0, 0.05) is 23.2 Å². The molecule has 2 amide bonds. The molecule has 5 nitrogen and oxygen atoms in total. The maximum absolute atomic E-state index is 12.1. The minimum absolute atomic E-state index is 0.0301. The normalized spacial score (nSPS) is 11.4. The lowest BCUT2D eigenvalue weighted by atomic mass is 10.0. The van der Waals surface area contributed by atoms with Crippen LogP contribution in [0.15, 0.2) is 30.3 Å². The number of rotatable bonds is 4. The Kier molecular flexibility index (Phi) is 4.43. The third-order valence-electron chi connectivity index (χ3n) is 3.30. The molecule has 2 rings (SSSR count). The number of amides is 2. The largest absolute Gasteiger partial charge is 0.396 e. The predicted molar refractivity (Wildman–Crippen MR) is 84.4 cm³/mol. The maximum Gasteiger partial charge on any atom is 0.319 e. The number of aryl methyl sites for hydroxylation is 1. The number of hydrogen-bond donors (Lipinski definition) is 3. The van der Waals surface area contributed by atoms with Gasteiger partial charge in [0.05, 0.1) is 11.2 Å². The third-order valence-corrected chi connectivity index (χ3v) is 3.30. The molecule has 0 aliphatic carbocycles. The van der Waals surface area contributed by atoms with Crippen molar-refractivity contribution in [3.8, 4) is 0 Å². The van der Waals surface area contributed by atoms with Gasteiger partial charge < -0.3 is 15.7 Å². The van der Waals surface area contributed by atoms with Crippen LogP contribution < -0.4 is 10.6 Å². The van der Waals surface area contributed by atoms with Gasteiger partial charge in [-0.25, -0.2) is 4.79 Å². The Labute approximate surface area is 124 Å². The van der Waals surface area contributed by atoms with Crippen molar-refractivity contribution in [2.45, 2.75) is 32.7 Å². The summed E-state index contributed by atoms with van der Waals surface area (Å²) in [6.07, 6.45) is 0.493. The first-order valence-corrected chi connectivity index (χ1v) is 6.98. The number of nitrogens with zero attached hydrogens (tertiary/aromatic N) is 1. The summed E-state index contributed by atoms with van der Waals surface area (Å²) in [5.41, 5.74) is 1.88. The zero-order chi connectivity index (χ0) is 15.5. The summed E-state index contributed by atoms with van der Waals surface area (Å²) in [5.74, 6) is 0. The molecule has 0 atom stereocenters. The zero-order valence-corrected chi connectivity index (χ0v) is 12.6. The number of carbonyl (C=O) groups is 1. The highest BCUT2D eigenvalue weighted by atomic mass is 16.3. The van der Waals surface area contributed by atoms with E-state index in [-0.39, 0.29) is 12.6 Å². The fourth-order valence-electron chi connectivity index (χ4n) is 2.15. The number of aliphatic hydroxyl groups excluding tert-OH is 1. The van der Waals surface area contributed by atoms with E-state index in [0.717, 1.165) is 16.6 Å². The van der Waals surface area contributed by atoms with Gasteiger partial charge in [0.25, 0.3) is 0 Å². The number of carbonyl (C=O) groups excluding carboxylic acids is 1. The number of anilines is 1. The number of fused-ring (bicyclic) bond motifs is 1. The van der Waals surface area contributed by atoms with Gasteiger partial charge in [0.1, 0.15) is 0 Å². The van der Waals surface area contributed by atoms with Gasteiger partial charge in [-0.1, -0.05) is 18.2 Å². The lowest BCUT2D eigenvalue weighted by Crippen LogP contribution is -2.46. The molecule has 2 aromatic rings. The van der Waals surface area contributed by atoms with Crippen LogP contribution in [0.5, 0.6) is 0 Å². The molecule has 3 N–H and O–H groups in total. The smallest absolute Gasteiger partial charge is 0.319 e. The Morgan fingerprint density at radius 2 is 2.05 bits per heavy atom. The van der Waals surface area contributed by atoms with Crippen LogP contribution in [0.4, 0.5) is 10.5 Å². The van der Waals surface area contributed by atoms with Crippen LogP contribution in [0.1, 0.15) is 26.0 Å². The molecular weight excluding hydrogens is 266 g/mol. The van der Waals surface area contributed by atoms with E-state index in [1.54, 1.807) is 0 Å². The standard InChI is InChI=1S/C16H21N3O2/c1-11-7-8-12-5-4-6-13(14(12)17-11)18-15(21)19-16(2,3)9-10-20/h4-8,20H,9-10H2,1-3H3,(H2,18,19,21). The van der Waals surface area contributed by atoms with E-state index in [1.807, 2.05) is 51.1 Å². The highest BCUT2D eigenvalue weighted by Gasteiger charge is 2.20. The van der Waals surface area contributed by atoms with Gasteiger partial charge in [0.15, 0.2) is 0 Å². The van der Waals surface area contributed by atoms with Crippen molar-refractivity contribution >= 4 is 22.6 Å². The molecule has 1 aromatic carbocycles. The van der Waals surface area contributed by atoms with Crippen LogP contribution in [0.25, 0.3) is 10.9 Å². The van der Waals surface area contributed by atoms with Gasteiger partial charge in [-0.05, 0) is 39.3 Å². The van der Waals surface area contributed by atoms with Crippen LogP contribution in [0.2, 0.25) is 0 Å². The Bertz CT molecular complexity index is 653. The van der Waals surface area contributed by atoms with Crippen LogP contribution in [-0.4, -0.2) is 28.3 Å². The van der Waals surface area contributed by atoms with Crippen molar-refractivity contribution in [1.29, 1.82) is 0 Å². The second-order valence-electron chi connectivity index (χ2n) is 5.77. The fraction of sp³-hybridized carbons (Fsp3) is 0.375. The van der Waals surface area contributed by atoms with Crippen molar-refractivity contribution in [2.24, 2.45) is 0 Å². The monoisotopic (exact) mass is 287 g/mol. The van der Waals surface area contributed by atoms with Gasteiger partial charge >= 0.3 is 6.03 Å². The average molecular weight is 287 g/mol. The molecule has 0 aliphatic heterocycles. The number of benzene rings is 1.